The van der Waals surface area contributed by atoms with Gasteiger partial charge in [0.1, 0.15) is 0 Å². The van der Waals surface area contributed by atoms with Gasteiger partial charge in [-0.05, 0) is 69.0 Å². The van der Waals surface area contributed by atoms with Crippen LogP contribution >= 0.6 is 0 Å². The Balaban J connectivity index is 1.35. The van der Waals surface area contributed by atoms with E-state index in [0.29, 0.717) is 4.90 Å². The van der Waals surface area contributed by atoms with Gasteiger partial charge in [-0.25, -0.2) is 9.50 Å². The molecule has 0 aliphatic carbocycles. The van der Waals surface area contributed by atoms with Gasteiger partial charge in [-0.3, -0.25) is 0 Å². The Morgan fingerprint density at radius 1 is 0.971 bits per heavy atom. The monoisotopic (exact) mass is 489 g/mol. The van der Waals surface area contributed by atoms with Crippen molar-refractivity contribution in [2.24, 2.45) is 0 Å². The molecule has 1 fully saturated rings. The van der Waals surface area contributed by atoms with E-state index in [1.165, 1.54) is 37.9 Å². The number of rotatable bonds is 7. The molecule has 35 heavy (non-hydrogen) atoms. The van der Waals surface area contributed by atoms with Crippen LogP contribution in [0.15, 0.2) is 72.0 Å². The molecule has 0 radical (unpaired) electrons. The van der Waals surface area contributed by atoms with Gasteiger partial charge < -0.3 is 4.90 Å². The van der Waals surface area contributed by atoms with Gasteiger partial charge in [0.15, 0.2) is 15.8 Å². The zero-order valence-electron chi connectivity index (χ0n) is 20.4. The second kappa shape index (κ2) is 10.0. The van der Waals surface area contributed by atoms with Gasteiger partial charge >= 0.3 is 0 Å². The lowest BCUT2D eigenvalue weighted by molar-refractivity contribution is 0.231. The van der Waals surface area contributed by atoms with E-state index in [1.54, 1.807) is 36.7 Å². The zero-order valence-corrected chi connectivity index (χ0v) is 21.2. The molecule has 5 rings (SSSR count). The predicted octanol–water partition coefficient (Wildman–Crippen LogP) is 5.83. The van der Waals surface area contributed by atoms with Crippen molar-refractivity contribution in [1.82, 2.24) is 19.5 Å². The third-order valence-electron chi connectivity index (χ3n) is 6.93. The summed E-state index contributed by atoms with van der Waals surface area (Å²) in [6, 6.07) is 16.0. The van der Waals surface area contributed by atoms with Crippen molar-refractivity contribution in [1.29, 1.82) is 0 Å². The summed E-state index contributed by atoms with van der Waals surface area (Å²) < 4.78 is 25.0. The van der Waals surface area contributed by atoms with E-state index < -0.39 is 10.2 Å². The fourth-order valence-corrected chi connectivity index (χ4v) is 5.79. The standard InChI is InChI=1S/C28H32N4O2S/c1-21(2)35(33,34)26-8-6-7-24(17-26)27-19-30-32-20-25(18-29-28(27)32)23-11-9-22(10-12-23)13-16-31-14-4-3-5-15-31/h6-12,17-21H,3-5,13-16H2,1-2H3/p+1. The molecular formula is C28H33N4O2S+. The van der Waals surface area contributed by atoms with Crippen LogP contribution < -0.4 is 0 Å². The van der Waals surface area contributed by atoms with Gasteiger partial charge in [0, 0.05) is 36.1 Å². The summed E-state index contributed by atoms with van der Waals surface area (Å²) in [5.41, 5.74) is 5.86. The lowest BCUT2D eigenvalue weighted by Gasteiger charge is -2.26. The van der Waals surface area contributed by atoms with E-state index in [0.717, 1.165) is 40.9 Å². The van der Waals surface area contributed by atoms with E-state index in [9.17, 15) is 8.76 Å². The first-order valence-electron chi connectivity index (χ1n) is 12.4. The minimum absolute atomic E-state index is 0.363. The maximum atomic E-state index is 12.7. The Morgan fingerprint density at radius 3 is 2.49 bits per heavy atom. The third kappa shape index (κ3) is 5.08. The maximum Gasteiger partial charge on any atom is 0.250 e. The summed E-state index contributed by atoms with van der Waals surface area (Å²) in [6.45, 7) is 7.11. The largest absolute Gasteiger partial charge is 0.303 e. The molecule has 2 aromatic carbocycles. The van der Waals surface area contributed by atoms with Crippen molar-refractivity contribution in [2.45, 2.75) is 49.7 Å². The number of hydrogen-bond acceptors (Lipinski definition) is 4. The molecule has 1 saturated heterocycles. The van der Waals surface area contributed by atoms with Crippen molar-refractivity contribution in [3.63, 3.8) is 0 Å². The first-order valence-corrected chi connectivity index (χ1v) is 14.0. The van der Waals surface area contributed by atoms with Crippen molar-refractivity contribution in [3.05, 3.63) is 72.7 Å². The Kier molecular flexibility index (Phi) is 6.82. The van der Waals surface area contributed by atoms with Crippen LogP contribution in [0, 0.1) is 0 Å². The fraction of sp³-hybridized carbons (Fsp3) is 0.357. The molecule has 1 N–H and O–H groups in total. The Bertz CT molecular complexity index is 1360. The van der Waals surface area contributed by atoms with E-state index >= 15 is 0 Å². The molecule has 0 saturated carbocycles. The number of fused-ring (bicyclic) bond motifs is 1. The van der Waals surface area contributed by atoms with Crippen LogP contribution in [-0.2, 0) is 20.8 Å². The molecule has 0 spiro atoms. The number of benzene rings is 2. The molecular weight excluding hydrogens is 456 g/mol. The molecule has 1 aliphatic heterocycles. The zero-order chi connectivity index (χ0) is 24.4. The molecule has 0 bridgehead atoms. The number of piperidine rings is 1. The summed E-state index contributed by atoms with van der Waals surface area (Å²) in [7, 11) is -3.10. The van der Waals surface area contributed by atoms with E-state index in [1.807, 2.05) is 24.5 Å². The highest BCUT2D eigenvalue weighted by Crippen LogP contribution is 2.30. The highest BCUT2D eigenvalue weighted by atomic mass is 32.3. The van der Waals surface area contributed by atoms with Crippen LogP contribution in [-0.4, -0.2) is 48.9 Å². The minimum atomic E-state index is -3.10. The lowest BCUT2D eigenvalue weighted by atomic mass is 10.0. The van der Waals surface area contributed by atoms with Crippen LogP contribution in [0.5, 0.6) is 0 Å². The molecule has 7 heteroatoms. The molecule has 0 amide bonds. The SMILES string of the molecule is CC(C)[S+](=O)(O)c1cccc(-c2cnn3cc(-c4ccc(CCN5CCCCC5)cc4)cnc23)c1. The molecule has 182 valence electrons. The van der Waals surface area contributed by atoms with Crippen molar-refractivity contribution >= 4 is 15.9 Å². The van der Waals surface area contributed by atoms with Gasteiger partial charge in [0.2, 0.25) is 10.2 Å². The van der Waals surface area contributed by atoms with E-state index in [4.69, 9.17) is 4.98 Å². The van der Waals surface area contributed by atoms with Crippen molar-refractivity contribution < 1.29 is 8.76 Å². The van der Waals surface area contributed by atoms with Crippen molar-refractivity contribution in [3.8, 4) is 22.3 Å². The lowest BCUT2D eigenvalue weighted by Crippen LogP contribution is -2.31. The fourth-order valence-electron chi connectivity index (χ4n) is 4.68. The second-order valence-corrected chi connectivity index (χ2v) is 12.2. The molecule has 1 atom stereocenters. The van der Waals surface area contributed by atoms with Crippen LogP contribution in [0.3, 0.4) is 0 Å². The first kappa shape index (κ1) is 23.9. The average Bonchev–Trinajstić information content (AvgIpc) is 3.32. The number of likely N-dealkylation sites (tertiary alicyclic amines) is 1. The summed E-state index contributed by atoms with van der Waals surface area (Å²) in [6.07, 6.45) is 10.7. The number of aromatic nitrogens is 3. The van der Waals surface area contributed by atoms with Crippen molar-refractivity contribution in [2.75, 3.05) is 19.6 Å². The third-order valence-corrected chi connectivity index (χ3v) is 9.14. The quantitative estimate of drug-likeness (QED) is 0.331. The van der Waals surface area contributed by atoms with Gasteiger partial charge in [-0.15, -0.1) is 0 Å². The maximum absolute atomic E-state index is 12.7. The van der Waals surface area contributed by atoms with E-state index in [2.05, 4.69) is 34.3 Å². The van der Waals surface area contributed by atoms with Gasteiger partial charge in [-0.1, -0.05) is 47.0 Å². The van der Waals surface area contributed by atoms with Crippen LogP contribution in [0.25, 0.3) is 27.9 Å². The summed E-state index contributed by atoms with van der Waals surface area (Å²) in [5, 5.41) is 4.16. The Morgan fingerprint density at radius 2 is 1.74 bits per heavy atom. The molecule has 2 aromatic heterocycles. The Hall–Kier alpha value is -2.87. The molecule has 3 heterocycles. The molecule has 6 nitrogen and oxygen atoms in total. The second-order valence-electron chi connectivity index (χ2n) is 9.66. The molecule has 1 aliphatic rings. The van der Waals surface area contributed by atoms with Crippen LogP contribution in [0.4, 0.5) is 0 Å². The van der Waals surface area contributed by atoms with Gasteiger partial charge in [-0.2, -0.15) is 9.65 Å². The Labute approximate surface area is 208 Å². The predicted molar refractivity (Wildman–Crippen MR) is 142 cm³/mol. The molecule has 4 aromatic rings. The van der Waals surface area contributed by atoms with E-state index in [-0.39, 0.29) is 5.25 Å². The number of hydrogen-bond donors (Lipinski definition) is 1. The highest BCUT2D eigenvalue weighted by molar-refractivity contribution is 7.98. The minimum Gasteiger partial charge on any atom is -0.303 e. The van der Waals surface area contributed by atoms with Gasteiger partial charge in [0.05, 0.1) is 6.20 Å². The summed E-state index contributed by atoms with van der Waals surface area (Å²) in [4.78, 5) is 7.70. The van der Waals surface area contributed by atoms with Gasteiger partial charge in [0.25, 0.3) is 0 Å². The van der Waals surface area contributed by atoms with Crippen LogP contribution in [0.2, 0.25) is 0 Å². The molecule has 1 unspecified atom stereocenters. The van der Waals surface area contributed by atoms with Crippen LogP contribution in [0.1, 0.15) is 38.7 Å². The average molecular weight is 490 g/mol. The highest BCUT2D eigenvalue weighted by Gasteiger charge is 2.33. The topological polar surface area (TPSA) is 70.7 Å². The first-order chi connectivity index (χ1) is 16.9. The summed E-state index contributed by atoms with van der Waals surface area (Å²) >= 11 is 0. The smallest absolute Gasteiger partial charge is 0.250 e. The number of nitrogens with zero attached hydrogens (tertiary/aromatic N) is 4. The summed E-state index contributed by atoms with van der Waals surface area (Å²) in [5.74, 6) is 0. The normalized spacial score (nSPS) is 16.6.